The van der Waals surface area contributed by atoms with Crippen molar-refractivity contribution in [1.29, 1.82) is 0 Å². The average Bonchev–Trinajstić information content (AvgIpc) is 3.05. The van der Waals surface area contributed by atoms with Crippen molar-refractivity contribution in [3.8, 4) is 5.69 Å². The van der Waals surface area contributed by atoms with E-state index in [1.165, 1.54) is 6.07 Å². The van der Waals surface area contributed by atoms with Crippen LogP contribution in [0.3, 0.4) is 0 Å². The largest absolute Gasteiger partial charge is 0.322 e. The van der Waals surface area contributed by atoms with Crippen molar-refractivity contribution in [3.63, 3.8) is 0 Å². The molecule has 0 saturated heterocycles. The Hall–Kier alpha value is -3.02. The molecule has 0 aliphatic heterocycles. The Morgan fingerprint density at radius 2 is 1.95 bits per heavy atom. The number of hydrogen-bond acceptors (Lipinski definition) is 2. The van der Waals surface area contributed by atoms with E-state index in [9.17, 15) is 13.6 Å². The second-order valence-electron chi connectivity index (χ2n) is 4.60. The number of rotatable bonds is 3. The molecule has 0 spiro atoms. The molecule has 3 rings (SSSR count). The van der Waals surface area contributed by atoms with E-state index in [1.807, 2.05) is 6.07 Å². The van der Waals surface area contributed by atoms with Gasteiger partial charge in [0.05, 0.1) is 6.33 Å². The number of imidazole rings is 1. The van der Waals surface area contributed by atoms with E-state index in [1.54, 1.807) is 41.5 Å². The Labute approximate surface area is 125 Å². The van der Waals surface area contributed by atoms with Crippen molar-refractivity contribution in [2.24, 2.45) is 0 Å². The lowest BCUT2D eigenvalue weighted by Crippen LogP contribution is -2.12. The Morgan fingerprint density at radius 1 is 1.09 bits per heavy atom. The summed E-state index contributed by atoms with van der Waals surface area (Å²) in [6, 6.07) is 10.1. The fourth-order valence-corrected chi connectivity index (χ4v) is 2.00. The number of carbonyl (C=O) groups excluding carboxylic acids is 1. The van der Waals surface area contributed by atoms with Crippen molar-refractivity contribution >= 4 is 11.6 Å². The summed E-state index contributed by atoms with van der Waals surface area (Å²) >= 11 is 0. The third kappa shape index (κ3) is 2.85. The van der Waals surface area contributed by atoms with E-state index >= 15 is 0 Å². The van der Waals surface area contributed by atoms with Crippen LogP contribution in [0.15, 0.2) is 61.2 Å². The maximum atomic E-state index is 13.1. The molecule has 22 heavy (non-hydrogen) atoms. The number of aromatic nitrogens is 2. The first-order chi connectivity index (χ1) is 10.6. The van der Waals surface area contributed by atoms with Crippen LogP contribution >= 0.6 is 0 Å². The molecule has 4 nitrogen and oxygen atoms in total. The molecule has 2 aromatic carbocycles. The zero-order chi connectivity index (χ0) is 15.5. The van der Waals surface area contributed by atoms with Crippen LogP contribution in [0.5, 0.6) is 0 Å². The summed E-state index contributed by atoms with van der Waals surface area (Å²) < 4.78 is 27.8. The SMILES string of the molecule is O=C(Nc1ccc(F)c(F)c1)c1cccc(-n2ccnc2)c1. The third-order valence-corrected chi connectivity index (χ3v) is 3.09. The summed E-state index contributed by atoms with van der Waals surface area (Å²) in [5, 5.41) is 2.53. The van der Waals surface area contributed by atoms with E-state index in [4.69, 9.17) is 0 Å². The van der Waals surface area contributed by atoms with Crippen LogP contribution in [-0.2, 0) is 0 Å². The minimum Gasteiger partial charge on any atom is -0.322 e. The van der Waals surface area contributed by atoms with Gasteiger partial charge in [0.1, 0.15) is 0 Å². The summed E-state index contributed by atoms with van der Waals surface area (Å²) in [4.78, 5) is 16.1. The second-order valence-corrected chi connectivity index (χ2v) is 4.60. The lowest BCUT2D eigenvalue weighted by molar-refractivity contribution is 0.102. The van der Waals surface area contributed by atoms with Gasteiger partial charge in [-0.2, -0.15) is 0 Å². The van der Waals surface area contributed by atoms with Crippen molar-refractivity contribution < 1.29 is 13.6 Å². The fraction of sp³-hybridized carbons (Fsp3) is 0. The Morgan fingerprint density at radius 3 is 2.68 bits per heavy atom. The second kappa shape index (κ2) is 5.77. The van der Waals surface area contributed by atoms with Gasteiger partial charge in [0.25, 0.3) is 5.91 Å². The third-order valence-electron chi connectivity index (χ3n) is 3.09. The maximum absolute atomic E-state index is 13.1. The molecule has 1 amide bonds. The highest BCUT2D eigenvalue weighted by atomic mass is 19.2. The first kappa shape index (κ1) is 13.9. The first-order valence-corrected chi connectivity index (χ1v) is 6.48. The standard InChI is InChI=1S/C16H11F2N3O/c17-14-5-4-12(9-15(14)18)20-16(22)11-2-1-3-13(8-11)21-7-6-19-10-21/h1-10H,(H,20,22). The molecular weight excluding hydrogens is 288 g/mol. The summed E-state index contributed by atoms with van der Waals surface area (Å²) in [6.45, 7) is 0. The van der Waals surface area contributed by atoms with E-state index in [0.717, 1.165) is 17.8 Å². The number of anilines is 1. The predicted octanol–water partition coefficient (Wildman–Crippen LogP) is 3.40. The number of nitrogens with zero attached hydrogens (tertiary/aromatic N) is 2. The molecule has 0 saturated carbocycles. The molecule has 0 fully saturated rings. The summed E-state index contributed by atoms with van der Waals surface area (Å²) in [6.07, 6.45) is 5.01. The lowest BCUT2D eigenvalue weighted by Gasteiger charge is -2.08. The maximum Gasteiger partial charge on any atom is 0.255 e. The van der Waals surface area contributed by atoms with Gasteiger partial charge in [0.2, 0.25) is 0 Å². The van der Waals surface area contributed by atoms with Crippen LogP contribution in [-0.4, -0.2) is 15.5 Å². The van der Waals surface area contributed by atoms with E-state index in [2.05, 4.69) is 10.3 Å². The van der Waals surface area contributed by atoms with Crippen LogP contribution in [0, 0.1) is 11.6 Å². The van der Waals surface area contributed by atoms with Gasteiger partial charge in [-0.15, -0.1) is 0 Å². The zero-order valence-corrected chi connectivity index (χ0v) is 11.3. The topological polar surface area (TPSA) is 46.9 Å². The molecule has 0 aliphatic rings. The van der Waals surface area contributed by atoms with Gasteiger partial charge in [-0.25, -0.2) is 13.8 Å². The molecule has 0 radical (unpaired) electrons. The number of halogens is 2. The molecule has 6 heteroatoms. The normalized spacial score (nSPS) is 10.5. The zero-order valence-electron chi connectivity index (χ0n) is 11.3. The van der Waals surface area contributed by atoms with Crippen molar-refractivity contribution in [2.75, 3.05) is 5.32 Å². The smallest absolute Gasteiger partial charge is 0.255 e. The van der Waals surface area contributed by atoms with Crippen LogP contribution in [0.25, 0.3) is 5.69 Å². The van der Waals surface area contributed by atoms with Crippen molar-refractivity contribution in [2.45, 2.75) is 0 Å². The molecular formula is C16H11F2N3O. The van der Waals surface area contributed by atoms with Gasteiger partial charge in [-0.3, -0.25) is 4.79 Å². The highest BCUT2D eigenvalue weighted by Gasteiger charge is 2.09. The molecule has 3 aromatic rings. The van der Waals surface area contributed by atoms with Crippen LogP contribution in [0.1, 0.15) is 10.4 Å². The van der Waals surface area contributed by atoms with Gasteiger partial charge in [-0.05, 0) is 30.3 Å². The minimum absolute atomic E-state index is 0.192. The predicted molar refractivity (Wildman–Crippen MR) is 77.9 cm³/mol. The monoisotopic (exact) mass is 299 g/mol. The summed E-state index contributed by atoms with van der Waals surface area (Å²) in [7, 11) is 0. The lowest BCUT2D eigenvalue weighted by atomic mass is 10.2. The molecule has 0 bridgehead atoms. The minimum atomic E-state index is -1.01. The average molecular weight is 299 g/mol. The van der Waals surface area contributed by atoms with Crippen molar-refractivity contribution in [1.82, 2.24) is 9.55 Å². The fourth-order valence-electron chi connectivity index (χ4n) is 2.00. The van der Waals surface area contributed by atoms with E-state index < -0.39 is 17.5 Å². The summed E-state index contributed by atoms with van der Waals surface area (Å²) in [5.74, 6) is -2.38. The van der Waals surface area contributed by atoms with Gasteiger partial charge in [0.15, 0.2) is 11.6 Å². The highest BCUT2D eigenvalue weighted by Crippen LogP contribution is 2.16. The van der Waals surface area contributed by atoms with E-state index in [-0.39, 0.29) is 5.69 Å². The van der Waals surface area contributed by atoms with Crippen LogP contribution in [0.4, 0.5) is 14.5 Å². The van der Waals surface area contributed by atoms with Gasteiger partial charge < -0.3 is 9.88 Å². The quantitative estimate of drug-likeness (QED) is 0.805. The molecule has 0 atom stereocenters. The number of nitrogens with one attached hydrogen (secondary N) is 1. The molecule has 1 heterocycles. The molecule has 0 unspecified atom stereocenters. The van der Waals surface area contributed by atoms with Crippen LogP contribution in [0.2, 0.25) is 0 Å². The Kier molecular flexibility index (Phi) is 3.65. The molecule has 1 aromatic heterocycles. The van der Waals surface area contributed by atoms with Gasteiger partial charge in [0, 0.05) is 35.4 Å². The van der Waals surface area contributed by atoms with Gasteiger partial charge in [-0.1, -0.05) is 6.07 Å². The number of carbonyl (C=O) groups is 1. The van der Waals surface area contributed by atoms with E-state index in [0.29, 0.717) is 5.56 Å². The van der Waals surface area contributed by atoms with Gasteiger partial charge >= 0.3 is 0 Å². The Bertz CT molecular complexity index is 816. The van der Waals surface area contributed by atoms with Crippen LogP contribution < -0.4 is 5.32 Å². The van der Waals surface area contributed by atoms with Crippen molar-refractivity contribution in [3.05, 3.63) is 78.4 Å². The molecule has 110 valence electrons. The number of hydrogen-bond donors (Lipinski definition) is 1. The first-order valence-electron chi connectivity index (χ1n) is 6.48. The molecule has 1 N–H and O–H groups in total. The molecule has 0 aliphatic carbocycles. The number of amides is 1. The number of benzene rings is 2. The Balaban J connectivity index is 1.83. The highest BCUT2D eigenvalue weighted by molar-refractivity contribution is 6.04. The summed E-state index contributed by atoms with van der Waals surface area (Å²) in [5.41, 5.74) is 1.36.